The van der Waals surface area contributed by atoms with Gasteiger partial charge in [-0.1, -0.05) is 6.07 Å². The Hall–Kier alpha value is -3.68. The van der Waals surface area contributed by atoms with E-state index >= 15 is 0 Å². The van der Waals surface area contributed by atoms with Crippen LogP contribution in [0, 0.1) is 0 Å². The normalized spacial score (nSPS) is 16.7. The Bertz CT molecular complexity index is 1060. The maximum atomic E-state index is 12.4. The highest BCUT2D eigenvalue weighted by molar-refractivity contribution is 6.11. The molecule has 0 radical (unpaired) electrons. The Balaban J connectivity index is 1.59. The number of esters is 1. The van der Waals surface area contributed by atoms with Crippen LogP contribution in [0.1, 0.15) is 11.1 Å². The van der Waals surface area contributed by atoms with Crippen LogP contribution in [0.2, 0.25) is 0 Å². The minimum Gasteiger partial charge on any atom is -0.497 e. The third-order valence-electron chi connectivity index (χ3n) is 4.20. The molecule has 0 N–H and O–H groups in total. The summed E-state index contributed by atoms with van der Waals surface area (Å²) >= 11 is 0. The number of fused-ring (bicyclic) bond motifs is 1. The maximum Gasteiger partial charge on any atom is 0.387 e. The molecule has 29 heavy (non-hydrogen) atoms. The van der Waals surface area contributed by atoms with Crippen LogP contribution in [0.3, 0.4) is 0 Å². The summed E-state index contributed by atoms with van der Waals surface area (Å²) in [5.74, 6) is 0.695. The SMILES string of the molecule is COc1ccc2c(c1)OCC(C=C1N=C(c3cccc(OC(F)F)c3)OC1=O)=C2. The molecule has 0 aromatic heterocycles. The van der Waals surface area contributed by atoms with E-state index in [0.717, 1.165) is 11.1 Å². The summed E-state index contributed by atoms with van der Waals surface area (Å²) in [6.45, 7) is -2.70. The first-order valence-electron chi connectivity index (χ1n) is 8.61. The lowest BCUT2D eigenvalue weighted by atomic mass is 10.1. The van der Waals surface area contributed by atoms with Gasteiger partial charge in [0.05, 0.1) is 7.11 Å². The quantitative estimate of drug-likeness (QED) is 0.563. The summed E-state index contributed by atoms with van der Waals surface area (Å²) in [5.41, 5.74) is 2.02. The van der Waals surface area contributed by atoms with Gasteiger partial charge in [0.2, 0.25) is 5.90 Å². The molecule has 0 aliphatic carbocycles. The van der Waals surface area contributed by atoms with E-state index in [0.29, 0.717) is 17.1 Å². The van der Waals surface area contributed by atoms with Gasteiger partial charge in [-0.05, 0) is 48.1 Å². The van der Waals surface area contributed by atoms with Crippen molar-refractivity contribution in [3.05, 3.63) is 70.9 Å². The smallest absolute Gasteiger partial charge is 0.387 e. The fraction of sp³-hybridized carbons (Fsp3) is 0.143. The van der Waals surface area contributed by atoms with E-state index in [1.807, 2.05) is 18.2 Å². The molecule has 0 fully saturated rings. The number of cyclic esters (lactones) is 1. The molecule has 0 atom stereocenters. The van der Waals surface area contributed by atoms with Crippen LogP contribution in [0.5, 0.6) is 17.2 Å². The van der Waals surface area contributed by atoms with Crippen molar-refractivity contribution in [3.63, 3.8) is 0 Å². The molecule has 0 bridgehead atoms. The summed E-state index contributed by atoms with van der Waals surface area (Å²) in [5, 5.41) is 0. The molecule has 0 amide bonds. The molecule has 0 spiro atoms. The van der Waals surface area contributed by atoms with Gasteiger partial charge in [-0.2, -0.15) is 8.78 Å². The minimum atomic E-state index is -2.95. The van der Waals surface area contributed by atoms with Crippen molar-refractivity contribution < 1.29 is 32.5 Å². The average Bonchev–Trinajstić information content (AvgIpc) is 3.07. The van der Waals surface area contributed by atoms with E-state index in [9.17, 15) is 13.6 Å². The van der Waals surface area contributed by atoms with Crippen molar-refractivity contribution in [1.29, 1.82) is 0 Å². The topological polar surface area (TPSA) is 66.3 Å². The Morgan fingerprint density at radius 3 is 2.83 bits per heavy atom. The Kier molecular flexibility index (Phi) is 4.99. The van der Waals surface area contributed by atoms with Gasteiger partial charge in [0, 0.05) is 17.2 Å². The molecule has 2 heterocycles. The van der Waals surface area contributed by atoms with Crippen LogP contribution in [-0.4, -0.2) is 32.2 Å². The third kappa shape index (κ3) is 4.11. The van der Waals surface area contributed by atoms with Crippen LogP contribution in [0.4, 0.5) is 8.78 Å². The Morgan fingerprint density at radius 1 is 1.17 bits per heavy atom. The number of carbonyl (C=O) groups is 1. The molecule has 6 nitrogen and oxygen atoms in total. The monoisotopic (exact) mass is 399 g/mol. The van der Waals surface area contributed by atoms with E-state index in [4.69, 9.17) is 14.2 Å². The first-order valence-corrected chi connectivity index (χ1v) is 8.61. The van der Waals surface area contributed by atoms with Crippen molar-refractivity contribution >= 4 is 17.9 Å². The lowest BCUT2D eigenvalue weighted by Gasteiger charge is -2.16. The summed E-state index contributed by atoms with van der Waals surface area (Å²) in [6, 6.07) is 11.2. The second-order valence-corrected chi connectivity index (χ2v) is 6.15. The fourth-order valence-electron chi connectivity index (χ4n) is 2.89. The number of hydrogen-bond acceptors (Lipinski definition) is 6. The van der Waals surface area contributed by atoms with E-state index in [2.05, 4.69) is 9.73 Å². The van der Waals surface area contributed by atoms with Crippen LogP contribution in [0.25, 0.3) is 6.08 Å². The van der Waals surface area contributed by atoms with Gasteiger partial charge in [-0.25, -0.2) is 9.79 Å². The van der Waals surface area contributed by atoms with Crippen LogP contribution < -0.4 is 14.2 Å². The lowest BCUT2D eigenvalue weighted by Crippen LogP contribution is -2.08. The summed E-state index contributed by atoms with van der Waals surface area (Å²) in [4.78, 5) is 16.4. The number of hydrogen-bond donors (Lipinski definition) is 0. The number of methoxy groups -OCH3 is 1. The van der Waals surface area contributed by atoms with Gasteiger partial charge in [-0.3, -0.25) is 0 Å². The number of aliphatic imine (C=N–C) groups is 1. The molecule has 2 aromatic rings. The number of ether oxygens (including phenoxy) is 4. The number of carbonyl (C=O) groups excluding carboxylic acids is 1. The molecule has 2 aromatic carbocycles. The largest absolute Gasteiger partial charge is 0.497 e. The summed E-state index contributed by atoms with van der Waals surface area (Å²) in [7, 11) is 1.58. The maximum absolute atomic E-state index is 12.4. The molecule has 148 valence electrons. The van der Waals surface area contributed by atoms with Crippen molar-refractivity contribution in [2.75, 3.05) is 13.7 Å². The number of nitrogens with zero attached hydrogens (tertiary/aromatic N) is 1. The van der Waals surface area contributed by atoms with Gasteiger partial charge >= 0.3 is 12.6 Å². The zero-order valence-corrected chi connectivity index (χ0v) is 15.2. The predicted molar refractivity (Wildman–Crippen MR) is 100 cm³/mol. The van der Waals surface area contributed by atoms with Crippen molar-refractivity contribution in [2.24, 2.45) is 4.99 Å². The molecule has 2 aliphatic heterocycles. The summed E-state index contributed by atoms with van der Waals surface area (Å²) in [6.07, 6.45) is 3.45. The van der Waals surface area contributed by atoms with Crippen molar-refractivity contribution in [3.8, 4) is 17.2 Å². The molecular formula is C21H15F2NO5. The van der Waals surface area contributed by atoms with Gasteiger partial charge < -0.3 is 18.9 Å². The molecule has 4 rings (SSSR count). The Morgan fingerprint density at radius 2 is 2.03 bits per heavy atom. The second-order valence-electron chi connectivity index (χ2n) is 6.15. The van der Waals surface area contributed by atoms with Crippen LogP contribution in [0.15, 0.2) is 64.8 Å². The number of benzene rings is 2. The highest BCUT2D eigenvalue weighted by atomic mass is 19.3. The third-order valence-corrected chi connectivity index (χ3v) is 4.20. The first kappa shape index (κ1) is 18.7. The molecular weight excluding hydrogens is 384 g/mol. The second kappa shape index (κ2) is 7.75. The number of rotatable bonds is 5. The lowest BCUT2D eigenvalue weighted by molar-refractivity contribution is -0.130. The van der Waals surface area contributed by atoms with E-state index in [1.165, 1.54) is 18.2 Å². The van der Waals surface area contributed by atoms with Crippen LogP contribution >= 0.6 is 0 Å². The van der Waals surface area contributed by atoms with Gasteiger partial charge in [0.25, 0.3) is 0 Å². The average molecular weight is 399 g/mol. The van der Waals surface area contributed by atoms with Crippen LogP contribution in [-0.2, 0) is 9.53 Å². The molecule has 0 saturated carbocycles. The molecule has 8 heteroatoms. The van der Waals surface area contributed by atoms with Gasteiger partial charge in [0.1, 0.15) is 23.9 Å². The van der Waals surface area contributed by atoms with Crippen molar-refractivity contribution in [1.82, 2.24) is 0 Å². The van der Waals surface area contributed by atoms with Gasteiger partial charge in [0.15, 0.2) is 5.70 Å². The van der Waals surface area contributed by atoms with E-state index < -0.39 is 12.6 Å². The zero-order chi connectivity index (χ0) is 20.4. The minimum absolute atomic E-state index is 0.0171. The first-order chi connectivity index (χ1) is 14.0. The Labute approximate surface area is 164 Å². The molecule has 2 aliphatic rings. The molecule has 0 saturated heterocycles. The predicted octanol–water partition coefficient (Wildman–Crippen LogP) is 3.96. The van der Waals surface area contributed by atoms with E-state index in [-0.39, 0.29) is 24.0 Å². The standard InChI is InChI=1S/C21H15F2NO5/c1-26-15-6-5-13-7-12(11-27-18(13)10-15)8-17-20(25)29-19(24-17)14-3-2-4-16(9-14)28-21(22)23/h2-10,21H,11H2,1H3. The highest BCUT2D eigenvalue weighted by Gasteiger charge is 2.25. The number of halogens is 2. The fourth-order valence-corrected chi connectivity index (χ4v) is 2.89. The van der Waals surface area contributed by atoms with Crippen molar-refractivity contribution in [2.45, 2.75) is 6.61 Å². The summed E-state index contributed by atoms with van der Waals surface area (Å²) < 4.78 is 45.2. The van der Waals surface area contributed by atoms with E-state index in [1.54, 1.807) is 25.3 Å². The van der Waals surface area contributed by atoms with Gasteiger partial charge in [-0.15, -0.1) is 0 Å². The number of alkyl halides is 2. The molecule has 0 unspecified atom stereocenters. The highest BCUT2D eigenvalue weighted by Crippen LogP contribution is 2.31. The zero-order valence-electron chi connectivity index (χ0n) is 15.2.